The van der Waals surface area contributed by atoms with Gasteiger partial charge in [-0.15, -0.1) is 0 Å². The van der Waals surface area contributed by atoms with Crippen LogP contribution in [0.25, 0.3) is 0 Å². The lowest BCUT2D eigenvalue weighted by atomic mass is 9.44. The summed E-state index contributed by atoms with van der Waals surface area (Å²) in [5.74, 6) is 4.81. The SMILES string of the molecule is CC[C@H]1CC2=CC(=O)CC[C@]2(C)[C@H]2CC[C@]3(C)[C@@H](C)CC[C@H]3[C@H]12. The molecule has 4 rings (SSSR count). The molecular weight excluding hydrogens is 280 g/mol. The van der Waals surface area contributed by atoms with Crippen molar-refractivity contribution in [2.24, 2.45) is 40.4 Å². The highest BCUT2D eigenvalue weighted by atomic mass is 16.1. The quantitative estimate of drug-likeness (QED) is 0.598. The zero-order chi connectivity index (χ0) is 16.4. The Morgan fingerprint density at radius 2 is 1.91 bits per heavy atom. The van der Waals surface area contributed by atoms with Gasteiger partial charge in [-0.25, -0.2) is 0 Å². The predicted molar refractivity (Wildman–Crippen MR) is 95.0 cm³/mol. The summed E-state index contributed by atoms with van der Waals surface area (Å²) in [5, 5.41) is 0. The fourth-order valence-electron chi connectivity index (χ4n) is 7.38. The van der Waals surface area contributed by atoms with Crippen LogP contribution in [0, 0.1) is 40.4 Å². The number of carbonyl (C=O) groups excluding carboxylic acids is 1. The van der Waals surface area contributed by atoms with Crippen molar-refractivity contribution in [3.63, 3.8) is 0 Å². The molecule has 0 bridgehead atoms. The zero-order valence-electron chi connectivity index (χ0n) is 15.5. The van der Waals surface area contributed by atoms with E-state index in [4.69, 9.17) is 0 Å². The van der Waals surface area contributed by atoms with E-state index >= 15 is 0 Å². The highest BCUT2D eigenvalue weighted by Crippen LogP contribution is 2.68. The highest BCUT2D eigenvalue weighted by molar-refractivity contribution is 5.91. The minimum Gasteiger partial charge on any atom is -0.295 e. The number of ketones is 1. The van der Waals surface area contributed by atoms with Crippen molar-refractivity contribution in [2.45, 2.75) is 79.1 Å². The lowest BCUT2D eigenvalue weighted by Gasteiger charge is -2.60. The summed E-state index contributed by atoms with van der Waals surface area (Å²) >= 11 is 0. The van der Waals surface area contributed by atoms with E-state index in [2.05, 4.69) is 33.8 Å². The minimum absolute atomic E-state index is 0.331. The Hall–Kier alpha value is -0.590. The van der Waals surface area contributed by atoms with E-state index < -0.39 is 0 Å². The summed E-state index contributed by atoms with van der Waals surface area (Å²) in [5.41, 5.74) is 2.45. The van der Waals surface area contributed by atoms with Crippen LogP contribution in [0.1, 0.15) is 79.1 Å². The maximum Gasteiger partial charge on any atom is 0.155 e. The van der Waals surface area contributed by atoms with Crippen molar-refractivity contribution in [1.29, 1.82) is 0 Å². The van der Waals surface area contributed by atoms with Crippen molar-refractivity contribution in [3.05, 3.63) is 11.6 Å². The first-order chi connectivity index (χ1) is 10.9. The average molecular weight is 315 g/mol. The molecule has 0 aromatic carbocycles. The molecule has 0 spiro atoms. The third-order valence-corrected chi connectivity index (χ3v) is 9.14. The first-order valence-corrected chi connectivity index (χ1v) is 10.1. The fraction of sp³-hybridized carbons (Fsp3) is 0.864. The standard InChI is InChI=1S/C22H34O/c1-5-15-12-16-13-17(23)8-10-22(16,4)19-9-11-21(3)14(2)6-7-18(21)20(15)19/h13-15,18-20H,5-12H2,1-4H3/t14-,15-,18-,19-,20-,21+,22-/m0/s1. The van der Waals surface area contributed by atoms with E-state index in [-0.39, 0.29) is 0 Å². The van der Waals surface area contributed by atoms with E-state index in [0.717, 1.165) is 42.4 Å². The third-order valence-electron chi connectivity index (χ3n) is 9.14. The molecule has 1 heteroatoms. The van der Waals surface area contributed by atoms with Crippen LogP contribution in [0.3, 0.4) is 0 Å². The Morgan fingerprint density at radius 3 is 2.65 bits per heavy atom. The second kappa shape index (κ2) is 5.20. The van der Waals surface area contributed by atoms with Crippen molar-refractivity contribution in [2.75, 3.05) is 0 Å². The number of rotatable bonds is 1. The Bertz CT molecular complexity index is 546. The molecule has 0 N–H and O–H groups in total. The van der Waals surface area contributed by atoms with Crippen molar-refractivity contribution in [3.8, 4) is 0 Å². The second-order valence-electron chi connectivity index (χ2n) is 9.74. The summed E-state index contributed by atoms with van der Waals surface area (Å²) in [6.45, 7) is 10.0. The number of carbonyl (C=O) groups is 1. The van der Waals surface area contributed by atoms with Gasteiger partial charge in [-0.05, 0) is 85.0 Å². The Kier molecular flexibility index (Phi) is 3.60. The molecule has 0 radical (unpaired) electrons. The van der Waals surface area contributed by atoms with Crippen LogP contribution in [-0.2, 0) is 4.79 Å². The summed E-state index contributed by atoms with van der Waals surface area (Å²) in [6, 6.07) is 0. The molecule has 0 heterocycles. The molecule has 1 nitrogen and oxygen atoms in total. The van der Waals surface area contributed by atoms with Crippen molar-refractivity contribution < 1.29 is 4.79 Å². The van der Waals surface area contributed by atoms with Crippen LogP contribution in [0.4, 0.5) is 0 Å². The van der Waals surface area contributed by atoms with Gasteiger partial charge in [0.05, 0.1) is 0 Å². The van der Waals surface area contributed by atoms with Gasteiger partial charge in [0.15, 0.2) is 5.78 Å². The lowest BCUT2D eigenvalue weighted by molar-refractivity contribution is -0.118. The normalized spacial score (nSPS) is 52.4. The van der Waals surface area contributed by atoms with Crippen LogP contribution in [0.15, 0.2) is 11.6 Å². The van der Waals surface area contributed by atoms with Crippen LogP contribution < -0.4 is 0 Å². The Balaban J connectivity index is 1.75. The second-order valence-corrected chi connectivity index (χ2v) is 9.74. The Labute approximate surface area is 142 Å². The molecule has 0 aromatic heterocycles. The molecule has 0 saturated heterocycles. The van der Waals surface area contributed by atoms with Crippen LogP contribution in [0.2, 0.25) is 0 Å². The molecule has 0 aliphatic heterocycles. The summed E-state index contributed by atoms with van der Waals surface area (Å²) in [7, 11) is 0. The minimum atomic E-state index is 0.331. The smallest absolute Gasteiger partial charge is 0.155 e. The molecule has 0 unspecified atom stereocenters. The van der Waals surface area contributed by atoms with Gasteiger partial charge in [-0.2, -0.15) is 0 Å². The molecule has 128 valence electrons. The van der Waals surface area contributed by atoms with Crippen molar-refractivity contribution >= 4 is 5.78 Å². The van der Waals surface area contributed by atoms with Gasteiger partial charge in [-0.3, -0.25) is 4.79 Å². The molecular formula is C22H34O. The maximum absolute atomic E-state index is 12.0. The first-order valence-electron chi connectivity index (χ1n) is 10.1. The van der Waals surface area contributed by atoms with E-state index in [0.29, 0.717) is 16.6 Å². The van der Waals surface area contributed by atoms with Gasteiger partial charge in [-0.1, -0.05) is 39.7 Å². The molecule has 0 aromatic rings. The van der Waals surface area contributed by atoms with Crippen molar-refractivity contribution in [1.82, 2.24) is 0 Å². The van der Waals surface area contributed by atoms with Gasteiger partial charge in [0, 0.05) is 6.42 Å². The number of fused-ring (bicyclic) bond motifs is 5. The molecule has 0 amide bonds. The van der Waals surface area contributed by atoms with Gasteiger partial charge in [0.1, 0.15) is 0 Å². The zero-order valence-corrected chi connectivity index (χ0v) is 15.5. The lowest BCUT2D eigenvalue weighted by Crippen LogP contribution is -2.53. The predicted octanol–water partition coefficient (Wildman–Crippen LogP) is 5.79. The third kappa shape index (κ3) is 2.07. The highest BCUT2D eigenvalue weighted by Gasteiger charge is 2.60. The Morgan fingerprint density at radius 1 is 1.13 bits per heavy atom. The monoisotopic (exact) mass is 314 g/mol. The largest absolute Gasteiger partial charge is 0.295 e. The van der Waals surface area contributed by atoms with Gasteiger partial charge in [0.25, 0.3) is 0 Å². The van der Waals surface area contributed by atoms with E-state index in [1.165, 1.54) is 44.1 Å². The molecule has 23 heavy (non-hydrogen) atoms. The van der Waals surface area contributed by atoms with Crippen LogP contribution in [-0.4, -0.2) is 5.78 Å². The summed E-state index contributed by atoms with van der Waals surface area (Å²) < 4.78 is 0. The first kappa shape index (κ1) is 15.9. The number of allylic oxidation sites excluding steroid dienone is 1. The fourth-order valence-corrected chi connectivity index (χ4v) is 7.38. The molecule has 4 aliphatic rings. The van der Waals surface area contributed by atoms with Gasteiger partial charge < -0.3 is 0 Å². The van der Waals surface area contributed by atoms with E-state index in [1.54, 1.807) is 0 Å². The molecule has 7 atom stereocenters. The molecule has 3 fully saturated rings. The van der Waals surface area contributed by atoms with Gasteiger partial charge >= 0.3 is 0 Å². The number of hydrogen-bond donors (Lipinski definition) is 0. The van der Waals surface area contributed by atoms with E-state index in [1.807, 2.05) is 0 Å². The maximum atomic E-state index is 12.0. The summed E-state index contributed by atoms with van der Waals surface area (Å²) in [4.78, 5) is 12.0. The molecule has 4 aliphatic carbocycles. The molecule has 3 saturated carbocycles. The summed E-state index contributed by atoms with van der Waals surface area (Å²) in [6.07, 6.45) is 12.2. The van der Waals surface area contributed by atoms with Gasteiger partial charge in [0.2, 0.25) is 0 Å². The number of hydrogen-bond acceptors (Lipinski definition) is 1. The topological polar surface area (TPSA) is 17.1 Å². The van der Waals surface area contributed by atoms with E-state index in [9.17, 15) is 4.79 Å². The average Bonchev–Trinajstić information content (AvgIpc) is 2.83. The van der Waals surface area contributed by atoms with Crippen LogP contribution >= 0.6 is 0 Å². The van der Waals surface area contributed by atoms with Crippen LogP contribution in [0.5, 0.6) is 0 Å².